The molecule has 0 heterocycles. The summed E-state index contributed by atoms with van der Waals surface area (Å²) in [6.45, 7) is 5.46. The third kappa shape index (κ3) is 5.12. The summed E-state index contributed by atoms with van der Waals surface area (Å²) in [7, 11) is 0. The molecule has 0 aromatic heterocycles. The van der Waals surface area contributed by atoms with Crippen LogP contribution >= 0.6 is 24.0 Å². The number of anilines is 1. The number of nitrogens with two attached hydrogens (primary N) is 1. The second-order valence-electron chi connectivity index (χ2n) is 4.09. The van der Waals surface area contributed by atoms with Crippen molar-refractivity contribution >= 4 is 35.6 Å². The predicted octanol–water partition coefficient (Wildman–Crippen LogP) is 2.83. The molecular formula is C12H18Cl2N2O2. The second kappa shape index (κ2) is 7.46. The molecule has 1 aromatic rings. The number of nitrogens with one attached hydrogen (secondary N) is 1. The number of carbonyl (C=O) groups excluding carboxylic acids is 1. The number of halogens is 2. The van der Waals surface area contributed by atoms with Gasteiger partial charge in [0.1, 0.15) is 5.75 Å². The number of amides is 1. The van der Waals surface area contributed by atoms with E-state index in [0.717, 1.165) is 0 Å². The molecule has 0 aliphatic heterocycles. The van der Waals surface area contributed by atoms with Gasteiger partial charge < -0.3 is 15.8 Å². The molecule has 4 nitrogen and oxygen atoms in total. The number of hydrogen-bond acceptors (Lipinski definition) is 3. The minimum absolute atomic E-state index is 0. The smallest absolute Gasteiger partial charge is 0.240 e. The molecule has 0 saturated heterocycles. The first-order chi connectivity index (χ1) is 7.90. The third-order valence-electron chi connectivity index (χ3n) is 1.98. The number of hydrogen-bond donors (Lipinski definition) is 2. The van der Waals surface area contributed by atoms with Gasteiger partial charge in [-0.15, -0.1) is 12.4 Å². The summed E-state index contributed by atoms with van der Waals surface area (Å²) >= 11 is 6.03. The van der Waals surface area contributed by atoms with Crippen molar-refractivity contribution in [3.63, 3.8) is 0 Å². The molecular weight excluding hydrogens is 275 g/mol. The van der Waals surface area contributed by atoms with Crippen LogP contribution in [0.5, 0.6) is 5.75 Å². The molecule has 0 unspecified atom stereocenters. The van der Waals surface area contributed by atoms with Gasteiger partial charge in [-0.3, -0.25) is 4.79 Å². The molecule has 0 radical (unpaired) electrons. The molecule has 3 N–H and O–H groups in total. The van der Waals surface area contributed by atoms with Crippen molar-refractivity contribution in [2.24, 2.45) is 5.73 Å². The summed E-state index contributed by atoms with van der Waals surface area (Å²) in [6.07, 6.45) is 0.0528. The lowest BCUT2D eigenvalue weighted by atomic mass is 10.2. The van der Waals surface area contributed by atoms with E-state index < -0.39 is 6.04 Å². The van der Waals surface area contributed by atoms with E-state index >= 15 is 0 Å². The van der Waals surface area contributed by atoms with Gasteiger partial charge in [0, 0.05) is 5.69 Å². The zero-order chi connectivity index (χ0) is 13.0. The highest BCUT2D eigenvalue weighted by atomic mass is 35.5. The van der Waals surface area contributed by atoms with Crippen LogP contribution in [0.15, 0.2) is 18.2 Å². The summed E-state index contributed by atoms with van der Waals surface area (Å²) in [5, 5.41) is 3.12. The lowest BCUT2D eigenvalue weighted by molar-refractivity contribution is -0.117. The van der Waals surface area contributed by atoms with Gasteiger partial charge in [0.2, 0.25) is 5.91 Å². The van der Waals surface area contributed by atoms with E-state index in [9.17, 15) is 4.79 Å². The van der Waals surface area contributed by atoms with Crippen LogP contribution in [0.2, 0.25) is 5.02 Å². The maximum Gasteiger partial charge on any atom is 0.240 e. The molecule has 1 amide bonds. The van der Waals surface area contributed by atoms with E-state index in [1.165, 1.54) is 0 Å². The molecule has 0 bridgehead atoms. The second-order valence-corrected chi connectivity index (χ2v) is 4.50. The number of benzene rings is 1. The van der Waals surface area contributed by atoms with Crippen molar-refractivity contribution < 1.29 is 9.53 Å². The molecule has 0 aliphatic carbocycles. The van der Waals surface area contributed by atoms with Crippen LogP contribution in [-0.2, 0) is 4.79 Å². The Bertz CT molecular complexity index is 409. The van der Waals surface area contributed by atoms with E-state index in [2.05, 4.69) is 5.32 Å². The van der Waals surface area contributed by atoms with Gasteiger partial charge in [0.15, 0.2) is 0 Å². The highest BCUT2D eigenvalue weighted by molar-refractivity contribution is 6.32. The van der Waals surface area contributed by atoms with E-state index in [4.69, 9.17) is 22.1 Å². The summed E-state index contributed by atoms with van der Waals surface area (Å²) in [6, 6.07) is 4.53. The van der Waals surface area contributed by atoms with Crippen LogP contribution in [0.25, 0.3) is 0 Å². The number of ether oxygens (including phenoxy) is 1. The van der Waals surface area contributed by atoms with Crippen molar-refractivity contribution in [2.45, 2.75) is 32.9 Å². The molecule has 102 valence electrons. The van der Waals surface area contributed by atoms with Crippen molar-refractivity contribution in [1.29, 1.82) is 0 Å². The van der Waals surface area contributed by atoms with Gasteiger partial charge in [0.05, 0.1) is 17.2 Å². The first kappa shape index (κ1) is 17.0. The van der Waals surface area contributed by atoms with Crippen molar-refractivity contribution in [3.05, 3.63) is 23.2 Å². The molecule has 6 heteroatoms. The minimum atomic E-state index is -0.555. The van der Waals surface area contributed by atoms with Gasteiger partial charge in [-0.2, -0.15) is 0 Å². The Hall–Kier alpha value is -0.970. The van der Waals surface area contributed by atoms with Gasteiger partial charge in [-0.1, -0.05) is 11.6 Å². The van der Waals surface area contributed by atoms with Crippen LogP contribution in [0.3, 0.4) is 0 Å². The predicted molar refractivity (Wildman–Crippen MR) is 76.7 cm³/mol. The summed E-state index contributed by atoms with van der Waals surface area (Å²) in [5.74, 6) is 0.346. The highest BCUT2D eigenvalue weighted by Gasteiger charge is 2.09. The summed E-state index contributed by atoms with van der Waals surface area (Å²) < 4.78 is 5.48. The fourth-order valence-corrected chi connectivity index (χ4v) is 1.41. The van der Waals surface area contributed by atoms with E-state index in [-0.39, 0.29) is 24.4 Å². The molecule has 0 saturated carbocycles. The Morgan fingerprint density at radius 2 is 2.00 bits per heavy atom. The van der Waals surface area contributed by atoms with Crippen molar-refractivity contribution in [1.82, 2.24) is 0 Å². The normalized spacial score (nSPS) is 11.7. The van der Waals surface area contributed by atoms with Crippen LogP contribution in [0.4, 0.5) is 5.69 Å². The largest absolute Gasteiger partial charge is 0.489 e. The molecule has 1 aromatic carbocycles. The van der Waals surface area contributed by atoms with Gasteiger partial charge in [0.25, 0.3) is 0 Å². The third-order valence-corrected chi connectivity index (χ3v) is 2.27. The summed E-state index contributed by atoms with van der Waals surface area (Å²) in [4.78, 5) is 11.4. The summed E-state index contributed by atoms with van der Waals surface area (Å²) in [5.41, 5.74) is 6.05. The van der Waals surface area contributed by atoms with Crippen LogP contribution in [0, 0.1) is 0 Å². The maximum absolute atomic E-state index is 11.4. The minimum Gasteiger partial charge on any atom is -0.489 e. The zero-order valence-corrected chi connectivity index (χ0v) is 12.1. The molecule has 0 spiro atoms. The molecule has 18 heavy (non-hydrogen) atoms. The Labute approximate surface area is 118 Å². The average Bonchev–Trinajstić information content (AvgIpc) is 2.21. The standard InChI is InChI=1S/C12H17ClN2O2.ClH/c1-7(2)17-11-5-4-9(6-10(11)13)15-12(16)8(3)14;/h4-8H,14H2,1-3H3,(H,15,16);1H/t8-;/m0./s1. The Balaban J connectivity index is 0.00000289. The van der Waals surface area contributed by atoms with Crippen LogP contribution < -0.4 is 15.8 Å². The maximum atomic E-state index is 11.4. The van der Waals surface area contributed by atoms with E-state index in [1.807, 2.05) is 13.8 Å². The van der Waals surface area contributed by atoms with Crippen LogP contribution in [-0.4, -0.2) is 18.1 Å². The molecule has 1 atom stereocenters. The zero-order valence-electron chi connectivity index (χ0n) is 10.6. The average molecular weight is 293 g/mol. The fourth-order valence-electron chi connectivity index (χ4n) is 1.18. The van der Waals surface area contributed by atoms with E-state index in [1.54, 1.807) is 25.1 Å². The van der Waals surface area contributed by atoms with Gasteiger partial charge in [-0.05, 0) is 39.0 Å². The highest BCUT2D eigenvalue weighted by Crippen LogP contribution is 2.28. The monoisotopic (exact) mass is 292 g/mol. The molecule has 0 fully saturated rings. The topological polar surface area (TPSA) is 64.3 Å². The number of rotatable bonds is 4. The lowest BCUT2D eigenvalue weighted by Crippen LogP contribution is -2.32. The Morgan fingerprint density at radius 1 is 1.39 bits per heavy atom. The lowest BCUT2D eigenvalue weighted by Gasteiger charge is -2.13. The van der Waals surface area contributed by atoms with Gasteiger partial charge in [-0.25, -0.2) is 0 Å². The number of carbonyl (C=O) groups is 1. The molecule has 1 rings (SSSR count). The van der Waals surface area contributed by atoms with Crippen molar-refractivity contribution in [3.8, 4) is 5.75 Å². The quantitative estimate of drug-likeness (QED) is 0.897. The fraction of sp³-hybridized carbons (Fsp3) is 0.417. The van der Waals surface area contributed by atoms with Crippen molar-refractivity contribution in [2.75, 3.05) is 5.32 Å². The van der Waals surface area contributed by atoms with E-state index in [0.29, 0.717) is 16.5 Å². The van der Waals surface area contributed by atoms with Crippen LogP contribution in [0.1, 0.15) is 20.8 Å². The SMILES string of the molecule is CC(C)Oc1ccc(NC(=O)[C@H](C)N)cc1Cl.Cl. The van der Waals surface area contributed by atoms with Gasteiger partial charge >= 0.3 is 0 Å². The Kier molecular flexibility index (Phi) is 7.06. The first-order valence-electron chi connectivity index (χ1n) is 5.43. The Morgan fingerprint density at radius 3 is 2.44 bits per heavy atom. The molecule has 0 aliphatic rings. The first-order valence-corrected chi connectivity index (χ1v) is 5.80.